The van der Waals surface area contributed by atoms with Gasteiger partial charge in [-0.1, -0.05) is 70.2 Å². The monoisotopic (exact) mass is 768 g/mol. The summed E-state index contributed by atoms with van der Waals surface area (Å²) in [4.78, 5) is 82.5. The Kier molecular flexibility index (Phi) is 11.3. The summed E-state index contributed by atoms with van der Waals surface area (Å²) in [6.45, 7) is 15.3. The molecule has 0 fully saturated rings. The van der Waals surface area contributed by atoms with Gasteiger partial charge in [0.2, 0.25) is 11.8 Å². The number of H-pyrrole nitrogens is 3. The Bertz CT molecular complexity index is 2760. The fraction of sp³-hybridized carbons (Fsp3) is 0.244. The molecule has 1 aliphatic rings. The Labute approximate surface area is 328 Å². The molecule has 6 aromatic rings. The van der Waals surface area contributed by atoms with Crippen molar-refractivity contribution in [3.05, 3.63) is 182 Å². The maximum absolute atomic E-state index is 13.2. The largest absolute Gasteiger partial charge is 0.440 e. The maximum Gasteiger partial charge on any atom is 0.331 e. The average molecular weight is 769 g/mol. The molecule has 1 aliphatic carbocycles. The van der Waals surface area contributed by atoms with Crippen LogP contribution in [-0.4, -0.2) is 31.1 Å². The quantitative estimate of drug-likeness (QED) is 0.143. The fourth-order valence-electron chi connectivity index (χ4n) is 7.05. The van der Waals surface area contributed by atoms with Crippen molar-refractivity contribution < 1.29 is 19.1 Å². The third kappa shape index (κ3) is 8.55. The molecular formula is C45H44N4O8. The summed E-state index contributed by atoms with van der Waals surface area (Å²) in [6.07, 6.45) is 0. The molecule has 3 N–H and O–H groups in total. The number of benzene rings is 4. The van der Waals surface area contributed by atoms with Gasteiger partial charge in [-0.15, -0.1) is 0 Å². The van der Waals surface area contributed by atoms with Crippen LogP contribution in [0.4, 0.5) is 0 Å². The van der Waals surface area contributed by atoms with Gasteiger partial charge in [-0.05, 0) is 104 Å². The third-order valence-electron chi connectivity index (χ3n) is 9.44. The fourth-order valence-corrected chi connectivity index (χ4v) is 7.05. The minimum absolute atomic E-state index is 0.0336. The number of hydrogen-bond donors (Lipinski definition) is 3. The highest BCUT2D eigenvalue weighted by molar-refractivity contribution is 6.28. The Morgan fingerprint density at radius 3 is 1.58 bits per heavy atom. The number of aromatic amines is 3. The van der Waals surface area contributed by atoms with Gasteiger partial charge in [0.1, 0.15) is 11.5 Å². The van der Waals surface area contributed by atoms with E-state index in [2.05, 4.69) is 15.0 Å². The number of aromatic nitrogens is 4. The zero-order chi connectivity index (χ0) is 41.3. The molecule has 0 saturated heterocycles. The second kappa shape index (κ2) is 16.1. The van der Waals surface area contributed by atoms with Crippen LogP contribution in [0.25, 0.3) is 0 Å². The minimum atomic E-state index is -0.626. The van der Waals surface area contributed by atoms with Crippen molar-refractivity contribution in [2.45, 2.75) is 73.8 Å². The van der Waals surface area contributed by atoms with Gasteiger partial charge in [-0.2, -0.15) is 0 Å². The van der Waals surface area contributed by atoms with E-state index in [1.54, 1.807) is 42.5 Å². The molecule has 7 rings (SSSR count). The van der Waals surface area contributed by atoms with Crippen molar-refractivity contribution in [2.24, 2.45) is 0 Å². The van der Waals surface area contributed by atoms with E-state index in [9.17, 15) is 28.8 Å². The first kappa shape index (κ1) is 39.9. The molecular weight excluding hydrogens is 725 g/mol. The summed E-state index contributed by atoms with van der Waals surface area (Å²) in [6, 6.07) is 23.1. The van der Waals surface area contributed by atoms with Crippen LogP contribution in [0.5, 0.6) is 23.3 Å². The molecule has 12 heteroatoms. The van der Waals surface area contributed by atoms with E-state index >= 15 is 0 Å². The third-order valence-corrected chi connectivity index (χ3v) is 9.44. The van der Waals surface area contributed by atoms with E-state index in [1.165, 1.54) is 4.57 Å². The summed E-state index contributed by atoms with van der Waals surface area (Å²) in [5, 5.41) is 0. The first-order valence-electron chi connectivity index (χ1n) is 18.6. The number of hydrogen-bond acceptors (Lipinski definition) is 8. The molecule has 0 amide bonds. The van der Waals surface area contributed by atoms with Crippen LogP contribution in [0, 0.1) is 27.7 Å². The SMILES string of the molecule is Cc1cc(C)cc(Oc2[nH]c(=O)[nH]c(=O)c2C(C)C)c1.Cc1cc(C)cc(Oc2c(C(C)C)c(=O)[nH]c(=O)n2Cc2ccc3c(c2)C(=O)c2ccccc2C3=O)c1. The second-order valence-electron chi connectivity index (χ2n) is 15.0. The van der Waals surface area contributed by atoms with E-state index in [1.807, 2.05) is 91.8 Å². The van der Waals surface area contributed by atoms with E-state index in [0.717, 1.165) is 22.3 Å². The first-order valence-corrected chi connectivity index (χ1v) is 18.6. The van der Waals surface area contributed by atoms with Crippen molar-refractivity contribution in [2.75, 3.05) is 0 Å². The number of nitrogens with zero attached hydrogens (tertiary/aromatic N) is 1. The lowest BCUT2D eigenvalue weighted by atomic mass is 9.83. The summed E-state index contributed by atoms with van der Waals surface area (Å²) in [7, 11) is 0. The summed E-state index contributed by atoms with van der Waals surface area (Å²) in [5.41, 5.74) is 4.73. The number of ketones is 2. The highest BCUT2D eigenvalue weighted by atomic mass is 16.5. The van der Waals surface area contributed by atoms with Crippen LogP contribution in [0.3, 0.4) is 0 Å². The standard InChI is InChI=1S/C30H26N2O5.C15H18N2O3/c1-16(2)25-28(35)31-30(36)32(29(25)37-20-12-17(3)11-18(4)13-20)15-19-9-10-23-24(14-19)27(34)22-8-6-5-7-21(22)26(23)33;1-8(2)12-13(18)16-15(19)17-14(12)20-11-6-9(3)5-10(4)7-11/h5-14,16H,15H2,1-4H3,(H,31,35,36);5-8H,1-4H3,(H2,16,17,18,19). The smallest absolute Gasteiger partial charge is 0.331 e. The van der Waals surface area contributed by atoms with E-state index < -0.39 is 22.5 Å². The van der Waals surface area contributed by atoms with E-state index in [-0.39, 0.29) is 41.7 Å². The normalized spacial score (nSPS) is 11.9. The van der Waals surface area contributed by atoms with Crippen LogP contribution >= 0.6 is 0 Å². The summed E-state index contributed by atoms with van der Waals surface area (Å²) in [5.74, 6) is 0.742. The average Bonchev–Trinajstić information content (AvgIpc) is 3.11. The predicted octanol–water partition coefficient (Wildman–Crippen LogP) is 7.49. The van der Waals surface area contributed by atoms with Gasteiger partial charge in [0, 0.05) is 22.3 Å². The van der Waals surface area contributed by atoms with Gasteiger partial charge in [-0.25, -0.2) is 9.59 Å². The van der Waals surface area contributed by atoms with Crippen LogP contribution < -0.4 is 32.0 Å². The molecule has 0 aliphatic heterocycles. The first-order chi connectivity index (χ1) is 27.0. The molecule has 0 bridgehead atoms. The van der Waals surface area contributed by atoms with Gasteiger partial charge < -0.3 is 9.47 Å². The minimum Gasteiger partial charge on any atom is -0.440 e. The van der Waals surface area contributed by atoms with Gasteiger partial charge in [0.25, 0.3) is 11.1 Å². The molecule has 0 saturated carbocycles. The summed E-state index contributed by atoms with van der Waals surface area (Å²) < 4.78 is 13.3. The lowest BCUT2D eigenvalue weighted by molar-refractivity contribution is 0.0979. The number of carbonyl (C=O) groups excluding carboxylic acids is 2. The molecule has 0 spiro atoms. The molecule has 57 heavy (non-hydrogen) atoms. The molecule has 0 unspecified atom stereocenters. The molecule has 2 aromatic heterocycles. The van der Waals surface area contributed by atoms with Crippen LogP contribution in [0.15, 0.2) is 98.0 Å². The lowest BCUT2D eigenvalue weighted by Gasteiger charge is -2.20. The van der Waals surface area contributed by atoms with Crippen molar-refractivity contribution in [3.63, 3.8) is 0 Å². The highest BCUT2D eigenvalue weighted by Crippen LogP contribution is 2.31. The Hall–Kier alpha value is -6.82. The van der Waals surface area contributed by atoms with Gasteiger partial charge >= 0.3 is 11.4 Å². The molecule has 292 valence electrons. The Morgan fingerprint density at radius 2 is 1.04 bits per heavy atom. The van der Waals surface area contributed by atoms with Crippen molar-refractivity contribution in [1.29, 1.82) is 0 Å². The van der Waals surface area contributed by atoms with Crippen molar-refractivity contribution in [1.82, 2.24) is 19.5 Å². The number of aryl methyl sites for hydroxylation is 4. The van der Waals surface area contributed by atoms with Gasteiger partial charge in [0.05, 0.1) is 17.7 Å². The van der Waals surface area contributed by atoms with Crippen LogP contribution in [0.2, 0.25) is 0 Å². The van der Waals surface area contributed by atoms with E-state index in [4.69, 9.17) is 9.47 Å². The molecule has 2 heterocycles. The Balaban J connectivity index is 0.000000232. The number of ether oxygens (including phenoxy) is 2. The van der Waals surface area contributed by atoms with Crippen LogP contribution in [0.1, 0.15) is 110 Å². The number of rotatable bonds is 8. The maximum atomic E-state index is 13.2. The number of fused-ring (bicyclic) bond motifs is 2. The topological polar surface area (TPSA) is 173 Å². The zero-order valence-corrected chi connectivity index (χ0v) is 33.1. The molecule has 0 atom stereocenters. The van der Waals surface area contributed by atoms with Crippen LogP contribution in [-0.2, 0) is 6.54 Å². The zero-order valence-electron chi connectivity index (χ0n) is 33.1. The highest BCUT2D eigenvalue weighted by Gasteiger charge is 2.30. The molecule has 12 nitrogen and oxygen atoms in total. The van der Waals surface area contributed by atoms with Gasteiger partial charge in [-0.3, -0.25) is 38.7 Å². The van der Waals surface area contributed by atoms with E-state index in [0.29, 0.717) is 50.4 Å². The number of nitrogens with one attached hydrogen (secondary N) is 3. The number of carbonyl (C=O) groups is 2. The predicted molar refractivity (Wildman–Crippen MR) is 218 cm³/mol. The van der Waals surface area contributed by atoms with Crippen molar-refractivity contribution in [3.8, 4) is 23.3 Å². The molecule has 4 aromatic carbocycles. The van der Waals surface area contributed by atoms with Gasteiger partial charge in [0.15, 0.2) is 11.6 Å². The molecule has 0 radical (unpaired) electrons. The summed E-state index contributed by atoms with van der Waals surface area (Å²) >= 11 is 0. The van der Waals surface area contributed by atoms with Crippen molar-refractivity contribution >= 4 is 11.6 Å². The lowest BCUT2D eigenvalue weighted by Crippen LogP contribution is -2.34. The second-order valence-corrected chi connectivity index (χ2v) is 15.0. The Morgan fingerprint density at radius 1 is 0.544 bits per heavy atom.